The first-order valence-corrected chi connectivity index (χ1v) is 5.68. The molecule has 2 rings (SSSR count). The number of benzene rings is 2. The van der Waals surface area contributed by atoms with Crippen LogP contribution in [0.25, 0.3) is 11.1 Å². The van der Waals surface area contributed by atoms with Gasteiger partial charge >= 0.3 is 0 Å². The first-order valence-electron chi connectivity index (χ1n) is 5.28. The molecule has 3 heteroatoms. The van der Waals surface area contributed by atoms with E-state index in [2.05, 4.69) is 0 Å². The molecule has 2 aromatic rings. The van der Waals surface area contributed by atoms with E-state index in [1.807, 2.05) is 37.3 Å². The minimum Gasteiger partial charge on any atom is -0.508 e. The first-order chi connectivity index (χ1) is 8.08. The molecule has 0 fully saturated rings. The summed E-state index contributed by atoms with van der Waals surface area (Å²) in [5.74, 6) is 0.275. The Morgan fingerprint density at radius 3 is 2.59 bits per heavy atom. The largest absolute Gasteiger partial charge is 0.508 e. The third kappa shape index (κ3) is 2.45. The molecule has 2 aromatic carbocycles. The molecule has 0 aromatic heterocycles. The van der Waals surface area contributed by atoms with Crippen molar-refractivity contribution in [1.29, 1.82) is 0 Å². The summed E-state index contributed by atoms with van der Waals surface area (Å²) in [5.41, 5.74) is 9.60. The van der Waals surface area contributed by atoms with E-state index in [4.69, 9.17) is 18.0 Å². The highest BCUT2D eigenvalue weighted by molar-refractivity contribution is 7.80. The minimum absolute atomic E-state index is 0.275. The number of phenolic OH excluding ortho intramolecular Hbond substituents is 1. The Balaban J connectivity index is 2.53. The zero-order valence-electron chi connectivity index (χ0n) is 9.47. The van der Waals surface area contributed by atoms with Crippen molar-refractivity contribution in [3.8, 4) is 16.9 Å². The normalized spacial score (nSPS) is 10.2. The average molecular weight is 243 g/mol. The van der Waals surface area contributed by atoms with Crippen molar-refractivity contribution in [2.24, 2.45) is 5.73 Å². The van der Waals surface area contributed by atoms with E-state index in [0.717, 1.165) is 22.3 Å². The highest BCUT2D eigenvalue weighted by atomic mass is 32.1. The van der Waals surface area contributed by atoms with Crippen molar-refractivity contribution in [2.75, 3.05) is 0 Å². The number of hydrogen-bond acceptors (Lipinski definition) is 2. The Morgan fingerprint density at radius 1 is 1.18 bits per heavy atom. The molecule has 0 amide bonds. The van der Waals surface area contributed by atoms with Crippen LogP contribution >= 0.6 is 12.2 Å². The van der Waals surface area contributed by atoms with E-state index in [0.29, 0.717) is 4.99 Å². The van der Waals surface area contributed by atoms with Crippen LogP contribution in [0.15, 0.2) is 42.5 Å². The van der Waals surface area contributed by atoms with Crippen LogP contribution in [0.2, 0.25) is 0 Å². The predicted octanol–water partition coefficient (Wildman–Crippen LogP) is 3.00. The molecule has 0 saturated heterocycles. The summed E-state index contributed by atoms with van der Waals surface area (Å²) in [7, 11) is 0. The Hall–Kier alpha value is -1.87. The number of aryl methyl sites for hydroxylation is 1. The number of phenols is 1. The van der Waals surface area contributed by atoms with Crippen molar-refractivity contribution < 1.29 is 5.11 Å². The Kier molecular flexibility index (Phi) is 3.11. The standard InChI is InChI=1S/C14H13NOS/c1-9-7-12(16)5-6-13(9)10-3-2-4-11(8-10)14(15)17/h2-8,16H,1H3,(H2,15,17). The maximum Gasteiger partial charge on any atom is 0.115 e. The molecule has 0 aliphatic rings. The molecule has 0 unspecified atom stereocenters. The monoisotopic (exact) mass is 243 g/mol. The highest BCUT2D eigenvalue weighted by Crippen LogP contribution is 2.26. The quantitative estimate of drug-likeness (QED) is 0.797. The van der Waals surface area contributed by atoms with Crippen LogP contribution < -0.4 is 5.73 Å². The van der Waals surface area contributed by atoms with E-state index in [1.54, 1.807) is 12.1 Å². The Bertz CT molecular complexity index is 578. The molecule has 86 valence electrons. The Morgan fingerprint density at radius 2 is 1.94 bits per heavy atom. The number of nitrogens with two attached hydrogens (primary N) is 1. The van der Waals surface area contributed by atoms with Gasteiger partial charge in [-0.25, -0.2) is 0 Å². The van der Waals surface area contributed by atoms with Gasteiger partial charge < -0.3 is 10.8 Å². The molecule has 0 saturated carbocycles. The molecular formula is C14H13NOS. The summed E-state index contributed by atoms with van der Waals surface area (Å²) >= 11 is 4.96. The van der Waals surface area contributed by atoms with Gasteiger partial charge in [0.1, 0.15) is 10.7 Å². The molecular weight excluding hydrogens is 230 g/mol. The van der Waals surface area contributed by atoms with Crippen molar-refractivity contribution in [3.05, 3.63) is 53.6 Å². The predicted molar refractivity (Wildman–Crippen MR) is 74.2 cm³/mol. The van der Waals surface area contributed by atoms with Crippen LogP contribution in [0.4, 0.5) is 0 Å². The maximum atomic E-state index is 9.39. The van der Waals surface area contributed by atoms with Crippen molar-refractivity contribution in [3.63, 3.8) is 0 Å². The van der Waals surface area contributed by atoms with Crippen LogP contribution in [0.3, 0.4) is 0 Å². The molecule has 0 aliphatic carbocycles. The molecule has 2 nitrogen and oxygen atoms in total. The van der Waals surface area contributed by atoms with Gasteiger partial charge in [-0.15, -0.1) is 0 Å². The van der Waals surface area contributed by atoms with E-state index in [9.17, 15) is 5.11 Å². The second kappa shape index (κ2) is 4.55. The van der Waals surface area contributed by atoms with Crippen LogP contribution in [0.1, 0.15) is 11.1 Å². The summed E-state index contributed by atoms with van der Waals surface area (Å²) in [6.45, 7) is 1.96. The summed E-state index contributed by atoms with van der Waals surface area (Å²) in [4.78, 5) is 0.392. The van der Waals surface area contributed by atoms with Gasteiger partial charge in [-0.05, 0) is 41.8 Å². The SMILES string of the molecule is Cc1cc(O)ccc1-c1cccc(C(N)=S)c1. The molecule has 0 atom stereocenters. The number of aromatic hydroxyl groups is 1. The van der Waals surface area contributed by atoms with Gasteiger partial charge in [0.2, 0.25) is 0 Å². The average Bonchev–Trinajstić information content (AvgIpc) is 2.29. The van der Waals surface area contributed by atoms with Crippen LogP contribution in [-0.4, -0.2) is 10.1 Å². The molecule has 0 bridgehead atoms. The zero-order chi connectivity index (χ0) is 12.4. The van der Waals surface area contributed by atoms with Gasteiger partial charge in [-0.1, -0.05) is 36.5 Å². The van der Waals surface area contributed by atoms with E-state index in [-0.39, 0.29) is 5.75 Å². The smallest absolute Gasteiger partial charge is 0.115 e. The summed E-state index contributed by atoms with van der Waals surface area (Å²) in [6, 6.07) is 13.1. The van der Waals surface area contributed by atoms with E-state index in [1.165, 1.54) is 0 Å². The van der Waals surface area contributed by atoms with Gasteiger partial charge in [0.15, 0.2) is 0 Å². The number of thiocarbonyl (C=S) groups is 1. The fourth-order valence-corrected chi connectivity index (χ4v) is 1.94. The van der Waals surface area contributed by atoms with Crippen molar-refractivity contribution in [2.45, 2.75) is 6.92 Å². The fourth-order valence-electron chi connectivity index (χ4n) is 1.81. The lowest BCUT2D eigenvalue weighted by molar-refractivity contribution is 0.475. The number of rotatable bonds is 2. The molecule has 0 radical (unpaired) electrons. The molecule has 0 spiro atoms. The number of hydrogen-bond donors (Lipinski definition) is 2. The third-order valence-corrected chi connectivity index (χ3v) is 2.90. The van der Waals surface area contributed by atoms with Gasteiger partial charge in [0.05, 0.1) is 0 Å². The van der Waals surface area contributed by atoms with Crippen molar-refractivity contribution in [1.82, 2.24) is 0 Å². The fraction of sp³-hybridized carbons (Fsp3) is 0.0714. The molecule has 17 heavy (non-hydrogen) atoms. The third-order valence-electron chi connectivity index (χ3n) is 2.67. The first kappa shape index (κ1) is 11.6. The van der Waals surface area contributed by atoms with Crippen LogP contribution in [0.5, 0.6) is 5.75 Å². The highest BCUT2D eigenvalue weighted by Gasteiger charge is 2.04. The lowest BCUT2D eigenvalue weighted by atomic mass is 9.99. The lowest BCUT2D eigenvalue weighted by Gasteiger charge is -2.08. The van der Waals surface area contributed by atoms with Gasteiger partial charge in [0, 0.05) is 5.56 Å². The molecule has 3 N–H and O–H groups in total. The van der Waals surface area contributed by atoms with Gasteiger partial charge in [-0.2, -0.15) is 0 Å². The second-order valence-corrected chi connectivity index (χ2v) is 4.38. The Labute approximate surface area is 106 Å². The second-order valence-electron chi connectivity index (χ2n) is 3.94. The summed E-state index contributed by atoms with van der Waals surface area (Å²) in [5, 5.41) is 9.39. The topological polar surface area (TPSA) is 46.2 Å². The summed E-state index contributed by atoms with van der Waals surface area (Å²) < 4.78 is 0. The molecule has 0 aliphatic heterocycles. The summed E-state index contributed by atoms with van der Waals surface area (Å²) in [6.07, 6.45) is 0. The lowest BCUT2D eigenvalue weighted by Crippen LogP contribution is -2.08. The van der Waals surface area contributed by atoms with Gasteiger partial charge in [0.25, 0.3) is 0 Å². The minimum atomic E-state index is 0.275. The maximum absolute atomic E-state index is 9.39. The van der Waals surface area contributed by atoms with E-state index < -0.39 is 0 Å². The molecule has 0 heterocycles. The van der Waals surface area contributed by atoms with E-state index >= 15 is 0 Å². The van der Waals surface area contributed by atoms with Crippen molar-refractivity contribution >= 4 is 17.2 Å². The van der Waals surface area contributed by atoms with Crippen LogP contribution in [0, 0.1) is 6.92 Å². The van der Waals surface area contributed by atoms with Crippen LogP contribution in [-0.2, 0) is 0 Å². The zero-order valence-corrected chi connectivity index (χ0v) is 10.3. The van der Waals surface area contributed by atoms with Gasteiger partial charge in [-0.3, -0.25) is 0 Å².